The fraction of sp³-hybridized carbons (Fsp3) is 0.367. The number of benzene rings is 1. The van der Waals surface area contributed by atoms with Gasteiger partial charge in [-0.15, -0.1) is 24.6 Å². The van der Waals surface area contributed by atoms with Gasteiger partial charge in [0.1, 0.15) is 17.5 Å². The quantitative estimate of drug-likeness (QED) is 0.217. The third-order valence-corrected chi connectivity index (χ3v) is 5.80. The Morgan fingerprint density at radius 1 is 1.10 bits per heavy atom. The number of imidazole rings is 1. The van der Waals surface area contributed by atoms with Gasteiger partial charge in [-0.05, 0) is 55.9 Å². The number of aryl methyl sites for hydroxylation is 1. The van der Waals surface area contributed by atoms with Gasteiger partial charge in [0.15, 0.2) is 0 Å². The maximum atomic E-state index is 14.0. The fourth-order valence-electron chi connectivity index (χ4n) is 3.60. The zero-order valence-corrected chi connectivity index (χ0v) is 24.7. The topological polar surface area (TPSA) is 95.6 Å². The minimum absolute atomic E-state index is 0.0192. The van der Waals surface area contributed by atoms with Gasteiger partial charge in [0.2, 0.25) is 0 Å². The monoisotopic (exact) mass is 556 g/mol. The standard InChI is InChI=1S/C21H26F2N4.C5H8N2S.C2H6.C2H2/c1-4-7-14(12-18(24)20-16(22)8-6-9-17(20)23)21(25)15(5-2)19-10-11-26-13(3)27-19;1-8-5-7-3-2-6-4-7;2*1-2/h6,8-12,15H,4-5,7,24-25H2,1-3H3;2-4H,5H2,1H3;1-2H3;1-2H/b18-12-,21-14-;;;. The van der Waals surface area contributed by atoms with Crippen LogP contribution >= 0.6 is 11.8 Å². The van der Waals surface area contributed by atoms with E-state index in [1.807, 2.05) is 57.8 Å². The molecule has 3 rings (SSSR count). The number of terminal acetylenes is 1. The second-order valence-corrected chi connectivity index (χ2v) is 8.75. The molecular formula is C30H42F2N6S. The Morgan fingerprint density at radius 2 is 1.74 bits per heavy atom. The first kappa shape index (κ1) is 35.4. The van der Waals surface area contributed by atoms with E-state index in [0.717, 1.165) is 30.0 Å². The lowest BCUT2D eigenvalue weighted by Crippen LogP contribution is -2.15. The summed E-state index contributed by atoms with van der Waals surface area (Å²) in [6, 6.07) is 5.51. The number of hydrogen-bond acceptors (Lipinski definition) is 6. The summed E-state index contributed by atoms with van der Waals surface area (Å²) in [6.07, 6.45) is 21.1. The average molecular weight is 557 g/mol. The lowest BCUT2D eigenvalue weighted by atomic mass is 9.92. The second kappa shape index (κ2) is 20.3. The lowest BCUT2D eigenvalue weighted by Gasteiger charge is -2.19. The van der Waals surface area contributed by atoms with Crippen molar-refractivity contribution < 1.29 is 8.78 Å². The molecule has 0 fully saturated rings. The van der Waals surface area contributed by atoms with Crippen molar-refractivity contribution in [3.05, 3.63) is 95.2 Å². The van der Waals surface area contributed by atoms with Crippen LogP contribution in [0.15, 0.2) is 66.5 Å². The van der Waals surface area contributed by atoms with E-state index < -0.39 is 11.6 Å². The van der Waals surface area contributed by atoms with E-state index in [9.17, 15) is 8.78 Å². The first-order valence-corrected chi connectivity index (χ1v) is 14.2. The van der Waals surface area contributed by atoms with Gasteiger partial charge < -0.3 is 16.0 Å². The van der Waals surface area contributed by atoms with Crippen LogP contribution in [0.25, 0.3) is 5.70 Å². The molecule has 4 N–H and O–H groups in total. The van der Waals surface area contributed by atoms with Crippen molar-refractivity contribution in [2.24, 2.45) is 11.5 Å². The first-order valence-electron chi connectivity index (χ1n) is 12.8. The normalized spacial score (nSPS) is 11.9. The highest BCUT2D eigenvalue weighted by atomic mass is 32.2. The molecule has 0 amide bonds. The molecule has 0 radical (unpaired) electrons. The van der Waals surface area contributed by atoms with Crippen LogP contribution < -0.4 is 11.5 Å². The van der Waals surface area contributed by atoms with Gasteiger partial charge >= 0.3 is 0 Å². The molecule has 0 aliphatic rings. The Labute approximate surface area is 237 Å². The molecule has 0 aliphatic carbocycles. The van der Waals surface area contributed by atoms with E-state index in [1.54, 1.807) is 30.2 Å². The predicted molar refractivity (Wildman–Crippen MR) is 161 cm³/mol. The summed E-state index contributed by atoms with van der Waals surface area (Å²) >= 11 is 1.78. The van der Waals surface area contributed by atoms with Crippen molar-refractivity contribution >= 4 is 17.5 Å². The van der Waals surface area contributed by atoms with E-state index in [1.165, 1.54) is 18.2 Å². The Morgan fingerprint density at radius 3 is 2.23 bits per heavy atom. The Hall–Kier alpha value is -3.64. The molecule has 0 spiro atoms. The van der Waals surface area contributed by atoms with Crippen molar-refractivity contribution in [2.75, 3.05) is 6.26 Å². The minimum atomic E-state index is -0.698. The maximum absolute atomic E-state index is 14.0. The van der Waals surface area contributed by atoms with E-state index in [4.69, 9.17) is 11.5 Å². The molecule has 0 saturated heterocycles. The van der Waals surface area contributed by atoms with Gasteiger partial charge in [-0.25, -0.2) is 23.7 Å². The number of nitrogens with two attached hydrogens (primary N) is 2. The number of rotatable bonds is 9. The molecule has 0 saturated carbocycles. The van der Waals surface area contributed by atoms with Gasteiger partial charge in [-0.1, -0.05) is 40.2 Å². The molecule has 1 unspecified atom stereocenters. The van der Waals surface area contributed by atoms with Crippen molar-refractivity contribution in [2.45, 2.75) is 65.7 Å². The highest BCUT2D eigenvalue weighted by Gasteiger charge is 2.18. The van der Waals surface area contributed by atoms with Crippen molar-refractivity contribution in [1.29, 1.82) is 0 Å². The Balaban J connectivity index is 0.00000101. The molecule has 39 heavy (non-hydrogen) atoms. The summed E-state index contributed by atoms with van der Waals surface area (Å²) in [5.41, 5.74) is 14.5. The summed E-state index contributed by atoms with van der Waals surface area (Å²) in [5.74, 6) is 0.148. The van der Waals surface area contributed by atoms with Crippen LogP contribution in [0.3, 0.4) is 0 Å². The van der Waals surface area contributed by atoms with Gasteiger partial charge in [-0.2, -0.15) is 0 Å². The number of thioether (sulfide) groups is 1. The molecule has 9 heteroatoms. The predicted octanol–water partition coefficient (Wildman–Crippen LogP) is 7.05. The summed E-state index contributed by atoms with van der Waals surface area (Å²) in [5, 5.41) is 0. The van der Waals surface area contributed by atoms with Crippen LogP contribution in [0.1, 0.15) is 70.0 Å². The molecule has 2 heterocycles. The van der Waals surface area contributed by atoms with Crippen LogP contribution in [-0.2, 0) is 5.88 Å². The van der Waals surface area contributed by atoms with Gasteiger partial charge in [0, 0.05) is 35.9 Å². The lowest BCUT2D eigenvalue weighted by molar-refractivity contribution is 0.576. The zero-order chi connectivity index (χ0) is 29.8. The molecule has 3 aromatic rings. The van der Waals surface area contributed by atoms with E-state index in [0.29, 0.717) is 17.9 Å². The molecule has 1 aromatic carbocycles. The fourth-order valence-corrected chi connectivity index (χ4v) is 4.05. The summed E-state index contributed by atoms with van der Waals surface area (Å²) in [6.45, 7) is 9.85. The van der Waals surface area contributed by atoms with Crippen LogP contribution in [0, 0.1) is 31.4 Å². The molecule has 2 aromatic heterocycles. The van der Waals surface area contributed by atoms with Crippen molar-refractivity contribution in [3.63, 3.8) is 0 Å². The van der Waals surface area contributed by atoms with E-state index >= 15 is 0 Å². The van der Waals surface area contributed by atoms with Crippen LogP contribution in [0.2, 0.25) is 0 Å². The number of nitrogens with zero attached hydrogens (tertiary/aromatic N) is 4. The molecular weight excluding hydrogens is 514 g/mol. The summed E-state index contributed by atoms with van der Waals surface area (Å²) in [7, 11) is 0. The minimum Gasteiger partial charge on any atom is -0.401 e. The summed E-state index contributed by atoms with van der Waals surface area (Å²) < 4.78 is 30.1. The number of aromatic nitrogens is 4. The third kappa shape index (κ3) is 11.7. The molecule has 0 aliphatic heterocycles. The average Bonchev–Trinajstić information content (AvgIpc) is 3.45. The highest BCUT2D eigenvalue weighted by molar-refractivity contribution is 7.97. The maximum Gasteiger partial charge on any atom is 0.135 e. The van der Waals surface area contributed by atoms with Crippen LogP contribution in [0.5, 0.6) is 0 Å². The van der Waals surface area contributed by atoms with E-state index in [2.05, 4.69) is 34.1 Å². The van der Waals surface area contributed by atoms with Crippen molar-refractivity contribution in [3.8, 4) is 12.8 Å². The zero-order valence-electron chi connectivity index (χ0n) is 23.9. The van der Waals surface area contributed by atoms with Gasteiger partial charge in [0.05, 0.1) is 23.5 Å². The summed E-state index contributed by atoms with van der Waals surface area (Å²) in [4.78, 5) is 12.5. The molecule has 1 atom stereocenters. The first-order chi connectivity index (χ1) is 18.8. The Kier molecular flexibility index (Phi) is 18.4. The Bertz CT molecular complexity index is 1150. The SMILES string of the molecule is C#C.CC.CCCC(/C=C(\N)c1c(F)cccc1F)=C(/N)C(CC)c1ccnc(C)n1.CSCn1ccnc1. The highest BCUT2D eigenvalue weighted by Crippen LogP contribution is 2.29. The second-order valence-electron chi connectivity index (χ2n) is 7.91. The smallest absolute Gasteiger partial charge is 0.135 e. The largest absolute Gasteiger partial charge is 0.401 e. The number of hydrogen-bond donors (Lipinski definition) is 2. The van der Waals surface area contributed by atoms with Gasteiger partial charge in [0.25, 0.3) is 0 Å². The number of halogens is 2. The molecule has 6 nitrogen and oxygen atoms in total. The van der Waals surface area contributed by atoms with E-state index in [-0.39, 0.29) is 17.2 Å². The number of allylic oxidation sites excluding steroid dienone is 3. The third-order valence-electron chi connectivity index (χ3n) is 5.25. The van der Waals surface area contributed by atoms with Crippen LogP contribution in [-0.4, -0.2) is 25.8 Å². The van der Waals surface area contributed by atoms with Gasteiger partial charge in [-0.3, -0.25) is 0 Å². The molecule has 0 bridgehead atoms. The van der Waals surface area contributed by atoms with Crippen molar-refractivity contribution in [1.82, 2.24) is 19.5 Å². The molecule has 212 valence electrons. The van der Waals surface area contributed by atoms with Crippen LogP contribution in [0.4, 0.5) is 8.78 Å².